The highest BCUT2D eigenvalue weighted by molar-refractivity contribution is 6.30. The van der Waals surface area contributed by atoms with E-state index in [0.717, 1.165) is 0 Å². The first kappa shape index (κ1) is 16.8. The number of benzene rings is 2. The first-order chi connectivity index (χ1) is 11.0. The van der Waals surface area contributed by atoms with Crippen LogP contribution in [0.1, 0.15) is 20.7 Å². The van der Waals surface area contributed by atoms with E-state index in [-0.39, 0.29) is 18.2 Å². The molecule has 0 aromatic heterocycles. The summed E-state index contributed by atoms with van der Waals surface area (Å²) >= 11 is 5.78. The van der Waals surface area contributed by atoms with E-state index in [1.54, 1.807) is 42.5 Å². The van der Waals surface area contributed by atoms with Gasteiger partial charge < -0.3 is 14.8 Å². The Hall–Kier alpha value is -2.53. The third-order valence-corrected chi connectivity index (χ3v) is 3.44. The summed E-state index contributed by atoms with van der Waals surface area (Å²) in [6.45, 7) is -0.111. The molecular weight excluding hydrogens is 318 g/mol. The zero-order valence-corrected chi connectivity index (χ0v) is 13.5. The second-order valence-electron chi connectivity index (χ2n) is 4.71. The Balaban J connectivity index is 2.04. The molecule has 0 unspecified atom stereocenters. The number of Topliss-reactive ketones (excluding diaryl/α,β-unsaturated/α-hetero) is 1. The summed E-state index contributed by atoms with van der Waals surface area (Å²) in [5, 5.41) is 3.13. The summed E-state index contributed by atoms with van der Waals surface area (Å²) in [7, 11) is 3.00. The highest BCUT2D eigenvalue weighted by atomic mass is 35.5. The summed E-state index contributed by atoms with van der Waals surface area (Å²) < 4.78 is 10.2. The molecule has 120 valence electrons. The van der Waals surface area contributed by atoms with Gasteiger partial charge in [-0.3, -0.25) is 9.59 Å². The van der Waals surface area contributed by atoms with Crippen molar-refractivity contribution in [1.82, 2.24) is 5.32 Å². The Labute approximate surface area is 139 Å². The molecule has 0 spiro atoms. The zero-order valence-electron chi connectivity index (χ0n) is 12.8. The maximum atomic E-state index is 12.2. The Kier molecular flexibility index (Phi) is 5.60. The lowest BCUT2D eigenvalue weighted by atomic mass is 10.1. The summed E-state index contributed by atoms with van der Waals surface area (Å²) in [6.07, 6.45) is 0. The normalized spacial score (nSPS) is 10.0. The summed E-state index contributed by atoms with van der Waals surface area (Å²) in [5.41, 5.74) is 0.836. The van der Waals surface area contributed by atoms with E-state index in [9.17, 15) is 9.59 Å². The van der Waals surface area contributed by atoms with Crippen LogP contribution in [0.5, 0.6) is 11.5 Å². The summed E-state index contributed by atoms with van der Waals surface area (Å²) in [6, 6.07) is 11.3. The van der Waals surface area contributed by atoms with Crippen molar-refractivity contribution in [2.45, 2.75) is 0 Å². The van der Waals surface area contributed by atoms with Gasteiger partial charge in [0.2, 0.25) is 0 Å². The first-order valence-electron chi connectivity index (χ1n) is 6.83. The maximum absolute atomic E-state index is 12.2. The molecule has 0 aliphatic rings. The largest absolute Gasteiger partial charge is 0.497 e. The van der Waals surface area contributed by atoms with Gasteiger partial charge in [-0.25, -0.2) is 0 Å². The molecule has 1 N–H and O–H groups in total. The van der Waals surface area contributed by atoms with Gasteiger partial charge >= 0.3 is 0 Å². The fraction of sp³-hybridized carbons (Fsp3) is 0.176. The standard InChI is InChI=1S/C17H16ClNO4/c1-22-14-7-12(8-15(9-14)23-2)17(21)19-10-16(20)11-3-5-13(18)6-4-11/h3-9H,10H2,1-2H3,(H,19,21). The lowest BCUT2D eigenvalue weighted by Crippen LogP contribution is -2.29. The quantitative estimate of drug-likeness (QED) is 0.825. The third kappa shape index (κ3) is 4.47. The fourth-order valence-corrected chi connectivity index (χ4v) is 2.06. The second kappa shape index (κ2) is 7.65. The molecule has 0 bridgehead atoms. The maximum Gasteiger partial charge on any atom is 0.251 e. The molecule has 2 aromatic carbocycles. The van der Waals surface area contributed by atoms with Gasteiger partial charge in [-0.1, -0.05) is 11.6 Å². The molecule has 0 aliphatic carbocycles. The van der Waals surface area contributed by atoms with Gasteiger partial charge in [-0.05, 0) is 36.4 Å². The number of halogens is 1. The van der Waals surface area contributed by atoms with E-state index in [2.05, 4.69) is 5.32 Å². The fourth-order valence-electron chi connectivity index (χ4n) is 1.94. The Morgan fingerprint density at radius 1 is 0.957 bits per heavy atom. The van der Waals surface area contributed by atoms with E-state index in [4.69, 9.17) is 21.1 Å². The van der Waals surface area contributed by atoms with E-state index < -0.39 is 0 Å². The van der Waals surface area contributed by atoms with Crippen LogP contribution >= 0.6 is 11.6 Å². The number of methoxy groups -OCH3 is 2. The van der Waals surface area contributed by atoms with Crippen molar-refractivity contribution in [2.24, 2.45) is 0 Å². The monoisotopic (exact) mass is 333 g/mol. The van der Waals surface area contributed by atoms with Crippen LogP contribution in [0.3, 0.4) is 0 Å². The van der Waals surface area contributed by atoms with E-state index in [0.29, 0.717) is 27.6 Å². The van der Waals surface area contributed by atoms with Crippen molar-refractivity contribution in [1.29, 1.82) is 0 Å². The average molecular weight is 334 g/mol. The number of ether oxygens (including phenoxy) is 2. The Morgan fingerprint density at radius 3 is 2.04 bits per heavy atom. The molecule has 6 heteroatoms. The van der Waals surface area contributed by atoms with Crippen LogP contribution in [0.15, 0.2) is 42.5 Å². The lowest BCUT2D eigenvalue weighted by Gasteiger charge is -2.09. The third-order valence-electron chi connectivity index (χ3n) is 3.19. The molecule has 5 nitrogen and oxygen atoms in total. The molecule has 0 aliphatic heterocycles. The van der Waals surface area contributed by atoms with Crippen molar-refractivity contribution < 1.29 is 19.1 Å². The molecule has 1 amide bonds. The predicted molar refractivity (Wildman–Crippen MR) is 87.7 cm³/mol. The van der Waals surface area contributed by atoms with Crippen LogP contribution in [0.2, 0.25) is 5.02 Å². The van der Waals surface area contributed by atoms with E-state index in [1.165, 1.54) is 14.2 Å². The van der Waals surface area contributed by atoms with Gasteiger partial charge in [0, 0.05) is 22.2 Å². The van der Waals surface area contributed by atoms with Gasteiger partial charge in [0.05, 0.1) is 20.8 Å². The minimum atomic E-state index is -0.385. The number of amides is 1. The molecule has 0 atom stereocenters. The highest BCUT2D eigenvalue weighted by Crippen LogP contribution is 2.22. The van der Waals surface area contributed by atoms with Crippen molar-refractivity contribution >= 4 is 23.3 Å². The van der Waals surface area contributed by atoms with Crippen LogP contribution < -0.4 is 14.8 Å². The number of ketones is 1. The molecule has 2 rings (SSSR count). The minimum absolute atomic E-state index is 0.111. The Morgan fingerprint density at radius 2 is 1.52 bits per heavy atom. The van der Waals surface area contributed by atoms with Gasteiger partial charge in [0.1, 0.15) is 11.5 Å². The molecule has 0 saturated carbocycles. The number of nitrogens with one attached hydrogen (secondary N) is 1. The second-order valence-corrected chi connectivity index (χ2v) is 5.15. The van der Waals surface area contributed by atoms with Crippen molar-refractivity contribution in [3.05, 3.63) is 58.6 Å². The summed E-state index contributed by atoms with van der Waals surface area (Å²) in [5.74, 6) is 0.409. The highest BCUT2D eigenvalue weighted by Gasteiger charge is 2.12. The molecule has 0 heterocycles. The van der Waals surface area contributed by atoms with Crippen LogP contribution in [-0.4, -0.2) is 32.5 Å². The molecule has 0 saturated heterocycles. The predicted octanol–water partition coefficient (Wildman–Crippen LogP) is 2.97. The van der Waals surface area contributed by atoms with Crippen molar-refractivity contribution in [3.8, 4) is 11.5 Å². The number of carbonyl (C=O) groups is 2. The zero-order chi connectivity index (χ0) is 16.8. The molecule has 2 aromatic rings. The first-order valence-corrected chi connectivity index (χ1v) is 7.21. The lowest BCUT2D eigenvalue weighted by molar-refractivity contribution is 0.0903. The molecular formula is C17H16ClNO4. The smallest absolute Gasteiger partial charge is 0.251 e. The van der Waals surface area contributed by atoms with Crippen LogP contribution in [-0.2, 0) is 0 Å². The average Bonchev–Trinajstić information content (AvgIpc) is 2.59. The van der Waals surface area contributed by atoms with E-state index >= 15 is 0 Å². The van der Waals surface area contributed by atoms with Crippen LogP contribution in [0.4, 0.5) is 0 Å². The number of hydrogen-bond donors (Lipinski definition) is 1. The van der Waals surface area contributed by atoms with Gasteiger partial charge in [0.15, 0.2) is 5.78 Å². The number of carbonyl (C=O) groups excluding carboxylic acids is 2. The summed E-state index contributed by atoms with van der Waals surface area (Å²) in [4.78, 5) is 24.2. The van der Waals surface area contributed by atoms with E-state index in [1.807, 2.05) is 0 Å². The topological polar surface area (TPSA) is 64.6 Å². The molecule has 23 heavy (non-hydrogen) atoms. The number of hydrogen-bond acceptors (Lipinski definition) is 4. The van der Waals surface area contributed by atoms with Gasteiger partial charge in [-0.15, -0.1) is 0 Å². The van der Waals surface area contributed by atoms with Crippen molar-refractivity contribution in [2.75, 3.05) is 20.8 Å². The molecule has 0 fully saturated rings. The van der Waals surface area contributed by atoms with Crippen LogP contribution in [0, 0.1) is 0 Å². The van der Waals surface area contributed by atoms with Gasteiger partial charge in [-0.2, -0.15) is 0 Å². The molecule has 0 radical (unpaired) electrons. The Bertz CT molecular complexity index is 691. The van der Waals surface area contributed by atoms with Gasteiger partial charge in [0.25, 0.3) is 5.91 Å². The minimum Gasteiger partial charge on any atom is -0.497 e. The number of rotatable bonds is 6. The van der Waals surface area contributed by atoms with Crippen LogP contribution in [0.25, 0.3) is 0 Å². The van der Waals surface area contributed by atoms with Crippen molar-refractivity contribution in [3.63, 3.8) is 0 Å². The SMILES string of the molecule is COc1cc(OC)cc(C(=O)NCC(=O)c2ccc(Cl)cc2)c1.